The summed E-state index contributed by atoms with van der Waals surface area (Å²) in [4.78, 5) is 0. The number of rotatable bonds is 6. The highest BCUT2D eigenvalue weighted by Crippen LogP contribution is 2.28. The molecular weight excluding hydrogens is 252 g/mol. The Balaban J connectivity index is 2.58. The summed E-state index contributed by atoms with van der Waals surface area (Å²) in [5.74, 6) is 0.0570. The van der Waals surface area contributed by atoms with Crippen LogP contribution >= 0.6 is 0 Å². The second-order valence-corrected chi connectivity index (χ2v) is 9.77. The molecule has 0 radical (unpaired) electrons. The molecule has 0 aliphatic carbocycles. The number of benzene rings is 1. The van der Waals surface area contributed by atoms with Crippen LogP contribution in [0.1, 0.15) is 26.3 Å². The molecule has 1 aromatic rings. The molecule has 3 nitrogen and oxygen atoms in total. The van der Waals surface area contributed by atoms with Crippen molar-refractivity contribution in [3.63, 3.8) is 0 Å². The highest BCUT2D eigenvalue weighted by molar-refractivity contribution is 7.87. The molecule has 0 fully saturated rings. The maximum Gasteiger partial charge on any atom is 0.256 e. The topological polar surface area (TPSA) is 43.4 Å². The predicted molar refractivity (Wildman–Crippen MR) is 73.3 cm³/mol. The van der Waals surface area contributed by atoms with Gasteiger partial charge in [0, 0.05) is 0 Å². The van der Waals surface area contributed by atoms with Gasteiger partial charge in [-0.1, -0.05) is 44.2 Å². The van der Waals surface area contributed by atoms with Gasteiger partial charge in [0.2, 0.25) is 0 Å². The molecule has 1 aromatic carbocycles. The van der Waals surface area contributed by atoms with E-state index in [4.69, 9.17) is 3.87 Å². The van der Waals surface area contributed by atoms with Crippen LogP contribution in [0.25, 0.3) is 0 Å². The molecule has 0 saturated carbocycles. The molecule has 0 atom stereocenters. The van der Waals surface area contributed by atoms with Crippen LogP contribution in [0.3, 0.4) is 0 Å². The largest absolute Gasteiger partial charge is 0.322 e. The maximum absolute atomic E-state index is 11.3. The molecule has 0 aliphatic rings. The molecule has 0 amide bonds. The van der Waals surface area contributed by atoms with Crippen molar-refractivity contribution in [2.24, 2.45) is 0 Å². The summed E-state index contributed by atoms with van der Waals surface area (Å²) >= 11 is 0. The van der Waals surface area contributed by atoms with Crippen LogP contribution in [0.15, 0.2) is 30.3 Å². The molecule has 0 spiro atoms. The Morgan fingerprint density at radius 2 is 1.82 bits per heavy atom. The molecule has 1 rings (SSSR count). The lowest BCUT2D eigenvalue weighted by atomic mass is 10.0. The van der Waals surface area contributed by atoms with Crippen LogP contribution in [0, 0.1) is 0 Å². The van der Waals surface area contributed by atoms with Crippen LogP contribution in [-0.4, -0.2) is 23.9 Å². The van der Waals surface area contributed by atoms with Crippen molar-refractivity contribution in [1.29, 1.82) is 0 Å². The first-order chi connectivity index (χ1) is 7.85. The summed E-state index contributed by atoms with van der Waals surface area (Å²) in [6.45, 7) is 5.74. The summed E-state index contributed by atoms with van der Waals surface area (Å²) < 4.78 is 27.7. The Morgan fingerprint density at radius 1 is 1.24 bits per heavy atom. The van der Waals surface area contributed by atoms with Crippen LogP contribution < -0.4 is 0 Å². The summed E-state index contributed by atoms with van der Waals surface area (Å²) in [6.07, 6.45) is 0.860. The Labute approximate surface area is 106 Å². The number of hydrogen-bond donors (Lipinski definition) is 0. The molecule has 5 heteroatoms. The van der Waals surface area contributed by atoms with Gasteiger partial charge in [0.15, 0.2) is 9.76 Å². The number of hydrogen-bond acceptors (Lipinski definition) is 3. The minimum Gasteiger partial charge on any atom is -0.322 e. The van der Waals surface area contributed by atoms with E-state index < -0.39 is 19.9 Å². The first-order valence-corrected chi connectivity index (χ1v) is 8.62. The van der Waals surface area contributed by atoms with Gasteiger partial charge in [0.25, 0.3) is 10.1 Å². The zero-order valence-corrected chi connectivity index (χ0v) is 12.9. The zero-order chi connectivity index (χ0) is 12.9. The van der Waals surface area contributed by atoms with Crippen molar-refractivity contribution < 1.29 is 12.3 Å². The summed E-state index contributed by atoms with van der Waals surface area (Å²) in [7, 11) is -4.39. The molecule has 0 N–H and O–H groups in total. The van der Waals surface area contributed by atoms with Gasteiger partial charge in [-0.05, 0) is 23.9 Å². The first kappa shape index (κ1) is 14.4. The summed E-state index contributed by atoms with van der Waals surface area (Å²) in [6, 6.07) is 10.1. The van der Waals surface area contributed by atoms with Crippen molar-refractivity contribution in [1.82, 2.24) is 0 Å². The Bertz CT molecular complexity index is 440. The first-order valence-electron chi connectivity index (χ1n) is 5.76. The molecular formula is C12H20O3SSi. The molecule has 0 aromatic heterocycles. The highest BCUT2D eigenvalue weighted by atomic mass is 32.2. The average Bonchev–Trinajstić information content (AvgIpc) is 2.28. The van der Waals surface area contributed by atoms with Gasteiger partial charge in [-0.3, -0.25) is 0 Å². The van der Waals surface area contributed by atoms with Crippen LogP contribution in [0.2, 0.25) is 5.04 Å². The van der Waals surface area contributed by atoms with Gasteiger partial charge in [0.05, 0.1) is 5.75 Å². The molecule has 0 unspecified atom stereocenters. The van der Waals surface area contributed by atoms with Crippen molar-refractivity contribution in [3.8, 4) is 0 Å². The molecule has 17 heavy (non-hydrogen) atoms. The molecule has 0 saturated heterocycles. The lowest BCUT2D eigenvalue weighted by molar-refractivity contribution is 0.478. The van der Waals surface area contributed by atoms with Crippen molar-refractivity contribution >= 4 is 19.9 Å². The minimum absolute atomic E-state index is 0.0520. The Kier molecular flexibility index (Phi) is 4.91. The fourth-order valence-corrected chi connectivity index (χ4v) is 4.58. The SMILES string of the molecule is CCS(=O)(=O)O[SiH2]C(C)(C)Cc1ccccc1. The third-order valence-electron chi connectivity index (χ3n) is 2.51. The minimum atomic E-state index is -3.28. The van der Waals surface area contributed by atoms with Gasteiger partial charge < -0.3 is 3.87 Å². The fourth-order valence-electron chi connectivity index (χ4n) is 1.53. The average molecular weight is 272 g/mol. The molecule has 0 heterocycles. The summed E-state index contributed by atoms with van der Waals surface area (Å²) in [5.41, 5.74) is 1.22. The van der Waals surface area contributed by atoms with E-state index in [0.29, 0.717) is 0 Å². The lowest BCUT2D eigenvalue weighted by Crippen LogP contribution is -2.23. The van der Waals surface area contributed by atoms with E-state index in [0.717, 1.165) is 6.42 Å². The second kappa shape index (κ2) is 5.80. The third-order valence-corrected chi connectivity index (χ3v) is 6.15. The van der Waals surface area contributed by atoms with Crippen molar-refractivity contribution in [2.45, 2.75) is 32.2 Å². The predicted octanol–water partition coefficient (Wildman–Crippen LogP) is 1.88. The van der Waals surface area contributed by atoms with Gasteiger partial charge >= 0.3 is 0 Å². The van der Waals surface area contributed by atoms with E-state index in [1.54, 1.807) is 6.92 Å². The second-order valence-electron chi connectivity index (χ2n) is 4.94. The quantitative estimate of drug-likeness (QED) is 0.743. The highest BCUT2D eigenvalue weighted by Gasteiger charge is 2.23. The van der Waals surface area contributed by atoms with Gasteiger partial charge in [0.1, 0.15) is 0 Å². The standard InChI is InChI=1S/C12H20O3SSi/c1-4-16(13,14)15-17-12(2,3)10-11-8-6-5-7-9-11/h5-9H,4,10,17H2,1-3H3. The van der Waals surface area contributed by atoms with E-state index >= 15 is 0 Å². The monoisotopic (exact) mass is 272 g/mol. The van der Waals surface area contributed by atoms with Crippen LogP contribution in [-0.2, 0) is 20.4 Å². The lowest BCUT2D eigenvalue weighted by Gasteiger charge is -2.23. The van der Waals surface area contributed by atoms with E-state index in [1.807, 2.05) is 18.2 Å². The third kappa shape index (κ3) is 5.47. The van der Waals surface area contributed by atoms with Gasteiger partial charge in [-0.25, -0.2) is 8.42 Å². The summed E-state index contributed by atoms with van der Waals surface area (Å²) in [5, 5.41) is -0.0520. The Morgan fingerprint density at radius 3 is 2.35 bits per heavy atom. The van der Waals surface area contributed by atoms with Crippen LogP contribution in [0.5, 0.6) is 0 Å². The molecule has 0 aliphatic heterocycles. The van der Waals surface area contributed by atoms with E-state index in [2.05, 4.69) is 26.0 Å². The van der Waals surface area contributed by atoms with Crippen molar-refractivity contribution in [2.75, 3.05) is 5.75 Å². The smallest absolute Gasteiger partial charge is 0.256 e. The van der Waals surface area contributed by atoms with E-state index in [1.165, 1.54) is 5.56 Å². The van der Waals surface area contributed by atoms with E-state index in [-0.39, 0.29) is 10.8 Å². The van der Waals surface area contributed by atoms with Gasteiger partial charge in [-0.15, -0.1) is 0 Å². The zero-order valence-electron chi connectivity index (χ0n) is 10.6. The molecule has 96 valence electrons. The van der Waals surface area contributed by atoms with Gasteiger partial charge in [-0.2, -0.15) is 0 Å². The Hall–Kier alpha value is -0.653. The fraction of sp³-hybridized carbons (Fsp3) is 0.500. The van der Waals surface area contributed by atoms with E-state index in [9.17, 15) is 8.42 Å². The normalized spacial score (nSPS) is 13.4. The maximum atomic E-state index is 11.3. The molecule has 0 bridgehead atoms. The van der Waals surface area contributed by atoms with Crippen LogP contribution in [0.4, 0.5) is 0 Å². The van der Waals surface area contributed by atoms with Crippen molar-refractivity contribution in [3.05, 3.63) is 35.9 Å².